The van der Waals surface area contributed by atoms with Crippen LogP contribution in [0, 0.1) is 0 Å². The van der Waals surface area contributed by atoms with E-state index in [9.17, 15) is 0 Å². The lowest BCUT2D eigenvalue weighted by Crippen LogP contribution is -2.27. The summed E-state index contributed by atoms with van der Waals surface area (Å²) in [5.41, 5.74) is 0. The zero-order valence-corrected chi connectivity index (χ0v) is 16.4. The monoisotopic (exact) mass is 431 g/mol. The molecule has 160 valence electrons. The largest absolute Gasteiger partial charge is 0.348 e. The van der Waals surface area contributed by atoms with E-state index in [2.05, 4.69) is 60.8 Å². The van der Waals surface area contributed by atoms with Crippen molar-refractivity contribution in [3.8, 4) is 0 Å². The van der Waals surface area contributed by atoms with Gasteiger partial charge in [-0.3, -0.25) is 0 Å². The summed E-state index contributed by atoms with van der Waals surface area (Å²) in [5.74, 6) is 2.32. The Morgan fingerprint density at radius 1 is 0.531 bits per heavy atom. The third-order valence-corrected chi connectivity index (χ3v) is 4.41. The Morgan fingerprint density at radius 2 is 0.906 bits per heavy atom. The number of H-pyrrole nitrogens is 3. The molecule has 0 saturated carbocycles. The zero-order valence-electron chi connectivity index (χ0n) is 16.4. The molecule has 0 bridgehead atoms. The average molecular weight is 431 g/mol. The minimum atomic E-state index is -0.382. The van der Waals surface area contributed by atoms with E-state index in [0.29, 0.717) is 0 Å². The predicted molar refractivity (Wildman–Crippen MR) is 107 cm³/mol. The van der Waals surface area contributed by atoms with Gasteiger partial charge in [-0.2, -0.15) is 0 Å². The lowest BCUT2D eigenvalue weighted by atomic mass is 10.1. The van der Waals surface area contributed by atoms with E-state index in [1.807, 2.05) is 0 Å². The number of hydrogen-bond donors (Lipinski definition) is 3. The summed E-state index contributed by atoms with van der Waals surface area (Å²) in [7, 11) is 0. The minimum absolute atomic E-state index is 0.111. The number of hydrogen-bond acceptors (Lipinski definition) is 9. The van der Waals surface area contributed by atoms with E-state index in [1.165, 1.54) is 0 Å². The molecule has 0 aliphatic heterocycles. The van der Waals surface area contributed by atoms with Crippen molar-refractivity contribution in [2.24, 2.45) is 0 Å². The van der Waals surface area contributed by atoms with Crippen LogP contribution in [0.25, 0.3) is 0 Å². The third kappa shape index (κ3) is 3.89. The van der Waals surface area contributed by atoms with Crippen molar-refractivity contribution in [3.05, 3.63) is 91.8 Å². The molecule has 15 heteroatoms. The highest BCUT2D eigenvalue weighted by atomic mass is 15.6. The quantitative estimate of drug-likeness (QED) is 0.328. The van der Waals surface area contributed by atoms with E-state index in [4.69, 9.17) is 0 Å². The second kappa shape index (κ2) is 8.82. The fourth-order valence-electron chi connectivity index (χ4n) is 3.08. The summed E-state index contributed by atoms with van der Waals surface area (Å²) in [6.45, 7) is 0. The van der Waals surface area contributed by atoms with Gasteiger partial charge in [-0.15, -0.1) is 15.3 Å². The first-order valence-corrected chi connectivity index (χ1v) is 9.45. The molecule has 0 spiro atoms. The highest BCUT2D eigenvalue weighted by molar-refractivity contribution is 5.22. The van der Waals surface area contributed by atoms with Gasteiger partial charge in [-0.1, -0.05) is 15.6 Å². The molecule has 0 aliphatic rings. The Bertz CT molecular complexity index is 985. The molecule has 0 fully saturated rings. The van der Waals surface area contributed by atoms with Crippen LogP contribution < -0.4 is 0 Å². The molecule has 0 radical (unpaired) electrons. The summed E-state index contributed by atoms with van der Waals surface area (Å²) in [4.78, 5) is 22.0. The van der Waals surface area contributed by atoms with Crippen molar-refractivity contribution in [1.29, 1.82) is 0 Å². The molecule has 6 heterocycles. The van der Waals surface area contributed by atoms with Gasteiger partial charge in [0.2, 0.25) is 6.29 Å². The maximum absolute atomic E-state index is 4.25. The summed E-state index contributed by atoms with van der Waals surface area (Å²) in [5, 5.41) is 23.0. The predicted octanol–water partition coefficient (Wildman–Crippen LogP) is 0.0499. The maximum atomic E-state index is 4.25. The number of aromatic nitrogens is 15. The van der Waals surface area contributed by atoms with Crippen LogP contribution in [0.4, 0.5) is 0 Å². The first-order chi connectivity index (χ1) is 15.9. The Hall–Kier alpha value is -4.95. The molecule has 0 amide bonds. The molecule has 6 rings (SSSR count). The number of imidazole rings is 3. The lowest BCUT2D eigenvalue weighted by Gasteiger charge is -2.15. The van der Waals surface area contributed by atoms with Crippen molar-refractivity contribution < 1.29 is 0 Å². The molecule has 32 heavy (non-hydrogen) atoms. The van der Waals surface area contributed by atoms with Gasteiger partial charge >= 0.3 is 0 Å². The Kier molecular flexibility index (Phi) is 5.25. The van der Waals surface area contributed by atoms with Crippen LogP contribution in [0.15, 0.2) is 74.4 Å². The fourth-order valence-corrected chi connectivity index (χ4v) is 3.08. The molecule has 0 aromatic carbocycles. The zero-order chi connectivity index (χ0) is 21.6. The SMILES string of the molecule is c1c[nH]c(C(c2ncc[nH]2)c2ncc[nH]2)n1.c1cn(C(n2ccnn2)n2ccnn2)nn1. The van der Waals surface area contributed by atoms with Crippen LogP contribution in [0.2, 0.25) is 0 Å². The topological polar surface area (TPSA) is 178 Å². The Labute approximate surface area is 179 Å². The molecular weight excluding hydrogens is 414 g/mol. The normalized spacial score (nSPS) is 11.1. The second-order valence-electron chi connectivity index (χ2n) is 6.35. The standard InChI is InChI=1S/C10H10N6.C7H7N9/c1-2-12-8(11-1)7(9-13-3-4-14-9)10-15-5-6-16-10;1-4-14(11-8-1)7(15-5-2-9-12-15)16-6-3-10-13-16/h1-7H,(H,11,12)(H,13,14)(H,15,16);1-7H. The summed E-state index contributed by atoms with van der Waals surface area (Å²) in [6, 6.07) is 0. The maximum Gasteiger partial charge on any atom is 0.242 e. The Morgan fingerprint density at radius 3 is 1.16 bits per heavy atom. The molecule has 6 aromatic rings. The van der Waals surface area contributed by atoms with Crippen molar-refractivity contribution in [1.82, 2.24) is 74.9 Å². The van der Waals surface area contributed by atoms with E-state index in [-0.39, 0.29) is 12.2 Å². The molecular formula is C17H17N15. The van der Waals surface area contributed by atoms with E-state index in [1.54, 1.807) is 88.4 Å². The third-order valence-electron chi connectivity index (χ3n) is 4.41. The summed E-state index contributed by atoms with van der Waals surface area (Å²) < 4.78 is 4.80. The van der Waals surface area contributed by atoms with Crippen LogP contribution in [0.3, 0.4) is 0 Å². The van der Waals surface area contributed by atoms with E-state index >= 15 is 0 Å². The van der Waals surface area contributed by atoms with Gasteiger partial charge in [0.1, 0.15) is 23.4 Å². The summed E-state index contributed by atoms with van der Waals surface area (Å²) >= 11 is 0. The average Bonchev–Trinajstić information content (AvgIpc) is 3.67. The summed E-state index contributed by atoms with van der Waals surface area (Å²) in [6.07, 6.45) is 20.0. The number of nitrogens with one attached hydrogen (secondary N) is 3. The number of rotatable bonds is 6. The van der Waals surface area contributed by atoms with Crippen LogP contribution in [0.5, 0.6) is 0 Å². The molecule has 0 unspecified atom stereocenters. The van der Waals surface area contributed by atoms with Gasteiger partial charge < -0.3 is 15.0 Å². The van der Waals surface area contributed by atoms with Crippen LogP contribution in [-0.4, -0.2) is 74.9 Å². The minimum Gasteiger partial charge on any atom is -0.348 e. The first kappa shape index (κ1) is 19.0. The van der Waals surface area contributed by atoms with Crippen LogP contribution >= 0.6 is 0 Å². The molecule has 0 atom stereocenters. The smallest absolute Gasteiger partial charge is 0.242 e. The van der Waals surface area contributed by atoms with E-state index in [0.717, 1.165) is 17.5 Å². The highest BCUT2D eigenvalue weighted by Crippen LogP contribution is 2.23. The van der Waals surface area contributed by atoms with Crippen LogP contribution in [-0.2, 0) is 0 Å². The number of aromatic amines is 3. The highest BCUT2D eigenvalue weighted by Gasteiger charge is 2.23. The molecule has 15 nitrogen and oxygen atoms in total. The van der Waals surface area contributed by atoms with Gasteiger partial charge in [-0.25, -0.2) is 29.0 Å². The molecule has 3 N–H and O–H groups in total. The van der Waals surface area contributed by atoms with Gasteiger partial charge in [0.15, 0.2) is 0 Å². The molecule has 6 aromatic heterocycles. The van der Waals surface area contributed by atoms with Crippen molar-refractivity contribution in [3.63, 3.8) is 0 Å². The Balaban J connectivity index is 0.000000135. The second-order valence-corrected chi connectivity index (χ2v) is 6.35. The lowest BCUT2D eigenvalue weighted by molar-refractivity contribution is 0.270. The van der Waals surface area contributed by atoms with Gasteiger partial charge in [0.05, 0.1) is 18.6 Å². The van der Waals surface area contributed by atoms with Crippen molar-refractivity contribution in [2.45, 2.75) is 12.2 Å². The van der Waals surface area contributed by atoms with Gasteiger partial charge in [0, 0.05) is 55.8 Å². The van der Waals surface area contributed by atoms with Crippen LogP contribution in [0.1, 0.15) is 29.7 Å². The van der Waals surface area contributed by atoms with Gasteiger partial charge in [0.25, 0.3) is 0 Å². The van der Waals surface area contributed by atoms with E-state index < -0.39 is 0 Å². The number of nitrogens with zero attached hydrogens (tertiary/aromatic N) is 12. The molecule has 0 saturated heterocycles. The van der Waals surface area contributed by atoms with Gasteiger partial charge in [-0.05, 0) is 0 Å². The first-order valence-electron chi connectivity index (χ1n) is 9.45. The van der Waals surface area contributed by atoms with Crippen molar-refractivity contribution in [2.75, 3.05) is 0 Å². The van der Waals surface area contributed by atoms with Crippen molar-refractivity contribution >= 4 is 0 Å². The fraction of sp³-hybridized carbons (Fsp3) is 0.118. The molecule has 0 aliphatic carbocycles.